The summed E-state index contributed by atoms with van der Waals surface area (Å²) in [7, 11) is 0. The molecule has 2 aromatic rings. The highest BCUT2D eigenvalue weighted by Gasteiger charge is 2.14. The van der Waals surface area contributed by atoms with Crippen molar-refractivity contribution in [3.8, 4) is 5.75 Å². The van der Waals surface area contributed by atoms with Crippen molar-refractivity contribution in [2.24, 2.45) is 0 Å². The van der Waals surface area contributed by atoms with Crippen LogP contribution in [0.5, 0.6) is 5.75 Å². The second kappa shape index (κ2) is 9.30. The van der Waals surface area contributed by atoms with Gasteiger partial charge >= 0.3 is 0 Å². The molecule has 1 amide bonds. The smallest absolute Gasteiger partial charge is 0.258 e. The minimum absolute atomic E-state index is 0.0659. The maximum atomic E-state index is 12.2. The normalized spacial score (nSPS) is 11.8. The zero-order valence-corrected chi connectivity index (χ0v) is 14.4. The quantitative estimate of drug-likeness (QED) is 0.766. The molecule has 2 aromatic carbocycles. The number of halogens is 1. The Bertz CT molecular complexity index is 661. The number of carbonyl (C=O) groups is 1. The lowest BCUT2D eigenvalue weighted by Gasteiger charge is -2.19. The van der Waals surface area contributed by atoms with Crippen molar-refractivity contribution in [2.75, 3.05) is 13.2 Å². The molecule has 0 radical (unpaired) electrons. The zero-order valence-electron chi connectivity index (χ0n) is 13.7. The van der Waals surface area contributed by atoms with E-state index in [0.29, 0.717) is 23.6 Å². The maximum absolute atomic E-state index is 12.2. The van der Waals surface area contributed by atoms with Crippen LogP contribution in [0.25, 0.3) is 0 Å². The standard InChI is InChI=1S/C19H22ClNO3/c1-14-12-16(9-10-17(14)20)24-13-19(23)21-18(8-5-11-22)15-6-3-2-4-7-15/h2-4,6-7,9-10,12,18,22H,5,8,11,13H2,1H3,(H,21,23). The van der Waals surface area contributed by atoms with E-state index in [1.807, 2.05) is 37.3 Å². The summed E-state index contributed by atoms with van der Waals surface area (Å²) >= 11 is 5.97. The van der Waals surface area contributed by atoms with Crippen molar-refractivity contribution in [1.82, 2.24) is 5.32 Å². The molecular weight excluding hydrogens is 326 g/mol. The van der Waals surface area contributed by atoms with E-state index in [9.17, 15) is 4.79 Å². The van der Waals surface area contributed by atoms with Crippen LogP contribution in [-0.2, 0) is 4.79 Å². The first-order valence-electron chi connectivity index (χ1n) is 7.94. The molecule has 24 heavy (non-hydrogen) atoms. The van der Waals surface area contributed by atoms with Gasteiger partial charge in [-0.25, -0.2) is 0 Å². The fourth-order valence-corrected chi connectivity index (χ4v) is 2.51. The van der Waals surface area contributed by atoms with Gasteiger partial charge in [0.2, 0.25) is 0 Å². The molecule has 0 bridgehead atoms. The van der Waals surface area contributed by atoms with E-state index in [-0.39, 0.29) is 25.2 Å². The minimum Gasteiger partial charge on any atom is -0.484 e. The molecule has 0 aliphatic rings. The number of benzene rings is 2. The molecule has 5 heteroatoms. The maximum Gasteiger partial charge on any atom is 0.258 e. The van der Waals surface area contributed by atoms with Crippen molar-refractivity contribution in [3.63, 3.8) is 0 Å². The van der Waals surface area contributed by atoms with E-state index in [1.54, 1.807) is 18.2 Å². The number of amides is 1. The fraction of sp³-hybridized carbons (Fsp3) is 0.316. The summed E-state index contributed by atoms with van der Waals surface area (Å²) < 4.78 is 5.52. The molecule has 0 aliphatic heterocycles. The van der Waals surface area contributed by atoms with Gasteiger partial charge in [-0.1, -0.05) is 41.9 Å². The molecule has 2 rings (SSSR count). The van der Waals surface area contributed by atoms with E-state index >= 15 is 0 Å². The summed E-state index contributed by atoms with van der Waals surface area (Å²) in [6.07, 6.45) is 1.30. The Kier molecular flexibility index (Phi) is 7.09. The molecular formula is C19H22ClNO3. The van der Waals surface area contributed by atoms with E-state index in [2.05, 4.69) is 5.32 Å². The van der Waals surface area contributed by atoms with Crippen LogP contribution in [0.2, 0.25) is 5.02 Å². The minimum atomic E-state index is -0.200. The second-order valence-corrected chi connectivity index (χ2v) is 6.00. The van der Waals surface area contributed by atoms with Gasteiger partial charge in [-0.15, -0.1) is 0 Å². The number of hydrogen-bond donors (Lipinski definition) is 2. The van der Waals surface area contributed by atoms with E-state index in [0.717, 1.165) is 11.1 Å². The topological polar surface area (TPSA) is 58.6 Å². The Morgan fingerprint density at radius 1 is 1.25 bits per heavy atom. The van der Waals surface area contributed by atoms with Gasteiger partial charge in [-0.05, 0) is 49.1 Å². The van der Waals surface area contributed by atoms with Crippen molar-refractivity contribution in [2.45, 2.75) is 25.8 Å². The summed E-state index contributed by atoms with van der Waals surface area (Å²) in [5.74, 6) is 0.410. The first-order chi connectivity index (χ1) is 11.6. The molecule has 0 spiro atoms. The highest BCUT2D eigenvalue weighted by Crippen LogP contribution is 2.21. The lowest BCUT2D eigenvalue weighted by atomic mass is 10.0. The van der Waals surface area contributed by atoms with Crippen LogP contribution in [-0.4, -0.2) is 24.2 Å². The third-order valence-electron chi connectivity index (χ3n) is 3.69. The van der Waals surface area contributed by atoms with Gasteiger partial charge in [0.15, 0.2) is 6.61 Å². The predicted molar refractivity (Wildman–Crippen MR) is 95.3 cm³/mol. The van der Waals surface area contributed by atoms with Gasteiger partial charge in [0, 0.05) is 11.6 Å². The van der Waals surface area contributed by atoms with Crippen molar-refractivity contribution in [1.29, 1.82) is 0 Å². The summed E-state index contributed by atoms with van der Waals surface area (Å²) in [5, 5.41) is 12.7. The van der Waals surface area contributed by atoms with Gasteiger partial charge in [-0.2, -0.15) is 0 Å². The van der Waals surface area contributed by atoms with Crippen LogP contribution >= 0.6 is 11.6 Å². The molecule has 0 aliphatic carbocycles. The number of rotatable bonds is 8. The highest BCUT2D eigenvalue weighted by molar-refractivity contribution is 6.31. The van der Waals surface area contributed by atoms with Crippen molar-refractivity contribution < 1.29 is 14.6 Å². The Balaban J connectivity index is 1.93. The second-order valence-electron chi connectivity index (χ2n) is 5.60. The summed E-state index contributed by atoms with van der Waals surface area (Å²) in [6.45, 7) is 1.92. The van der Waals surface area contributed by atoms with Crippen LogP contribution in [0, 0.1) is 6.92 Å². The number of aliphatic hydroxyl groups is 1. The van der Waals surface area contributed by atoms with E-state index in [1.165, 1.54) is 0 Å². The van der Waals surface area contributed by atoms with Gasteiger partial charge in [-0.3, -0.25) is 4.79 Å². The van der Waals surface area contributed by atoms with Crippen LogP contribution < -0.4 is 10.1 Å². The van der Waals surface area contributed by atoms with Crippen LogP contribution in [0.4, 0.5) is 0 Å². The monoisotopic (exact) mass is 347 g/mol. The first kappa shape index (κ1) is 18.3. The third-order valence-corrected chi connectivity index (χ3v) is 4.11. The lowest BCUT2D eigenvalue weighted by Crippen LogP contribution is -2.32. The average molecular weight is 348 g/mol. The lowest BCUT2D eigenvalue weighted by molar-refractivity contribution is -0.123. The van der Waals surface area contributed by atoms with E-state index in [4.69, 9.17) is 21.4 Å². The van der Waals surface area contributed by atoms with Crippen LogP contribution in [0.1, 0.15) is 30.0 Å². The number of aliphatic hydroxyl groups excluding tert-OH is 1. The van der Waals surface area contributed by atoms with Crippen molar-refractivity contribution >= 4 is 17.5 Å². The number of ether oxygens (including phenoxy) is 1. The van der Waals surface area contributed by atoms with Crippen molar-refractivity contribution in [3.05, 3.63) is 64.7 Å². The molecule has 1 atom stereocenters. The Hall–Kier alpha value is -2.04. The number of nitrogens with one attached hydrogen (secondary N) is 1. The molecule has 4 nitrogen and oxygen atoms in total. The Labute approximate surface area is 147 Å². The van der Waals surface area contributed by atoms with Crippen LogP contribution in [0.3, 0.4) is 0 Å². The van der Waals surface area contributed by atoms with Crippen LogP contribution in [0.15, 0.2) is 48.5 Å². The fourth-order valence-electron chi connectivity index (χ4n) is 2.39. The molecule has 0 saturated carbocycles. The summed E-state index contributed by atoms with van der Waals surface area (Å²) in [5.41, 5.74) is 1.92. The Morgan fingerprint density at radius 3 is 2.67 bits per heavy atom. The van der Waals surface area contributed by atoms with Gasteiger partial charge < -0.3 is 15.2 Å². The number of aryl methyl sites for hydroxylation is 1. The van der Waals surface area contributed by atoms with Gasteiger partial charge in [0.05, 0.1) is 6.04 Å². The first-order valence-corrected chi connectivity index (χ1v) is 8.32. The number of carbonyl (C=O) groups excluding carboxylic acids is 1. The Morgan fingerprint density at radius 2 is 2.00 bits per heavy atom. The SMILES string of the molecule is Cc1cc(OCC(=O)NC(CCCO)c2ccccc2)ccc1Cl. The van der Waals surface area contributed by atoms with Gasteiger partial charge in [0.1, 0.15) is 5.75 Å². The molecule has 0 heterocycles. The molecule has 0 fully saturated rings. The molecule has 0 aromatic heterocycles. The molecule has 0 saturated heterocycles. The third kappa shape index (κ3) is 5.55. The predicted octanol–water partition coefficient (Wildman–Crippen LogP) is 3.66. The molecule has 2 N–H and O–H groups in total. The largest absolute Gasteiger partial charge is 0.484 e. The molecule has 1 unspecified atom stereocenters. The molecule has 128 valence electrons. The zero-order chi connectivity index (χ0) is 17.4. The highest BCUT2D eigenvalue weighted by atomic mass is 35.5. The van der Waals surface area contributed by atoms with E-state index < -0.39 is 0 Å². The number of hydrogen-bond acceptors (Lipinski definition) is 3. The van der Waals surface area contributed by atoms with Gasteiger partial charge in [0.25, 0.3) is 5.91 Å². The average Bonchev–Trinajstić information content (AvgIpc) is 2.60. The summed E-state index contributed by atoms with van der Waals surface area (Å²) in [4.78, 5) is 12.2. The summed E-state index contributed by atoms with van der Waals surface area (Å²) in [6, 6.07) is 14.9.